The van der Waals surface area contributed by atoms with E-state index in [9.17, 15) is 4.79 Å². The molecular formula is C26H33IN4O5. The van der Waals surface area contributed by atoms with Gasteiger partial charge in [-0.25, -0.2) is 9.78 Å². The summed E-state index contributed by atoms with van der Waals surface area (Å²) in [6, 6.07) is 9.50. The lowest BCUT2D eigenvalue weighted by Crippen LogP contribution is -2.36. The van der Waals surface area contributed by atoms with Crippen LogP contribution in [-0.2, 0) is 14.2 Å². The molecule has 3 heterocycles. The van der Waals surface area contributed by atoms with Gasteiger partial charge < -0.3 is 28.6 Å². The Morgan fingerprint density at radius 3 is 2.75 bits per heavy atom. The Hall–Kier alpha value is -2.44. The van der Waals surface area contributed by atoms with Crippen LogP contribution in [0.2, 0.25) is 0 Å². The predicted molar refractivity (Wildman–Crippen MR) is 142 cm³/mol. The maximum absolute atomic E-state index is 12.5. The topological polar surface area (TPSA) is 101 Å². The van der Waals surface area contributed by atoms with Gasteiger partial charge in [-0.15, -0.1) is 0 Å². The largest absolute Gasteiger partial charge is 0.444 e. The van der Waals surface area contributed by atoms with Gasteiger partial charge >= 0.3 is 6.09 Å². The lowest BCUT2D eigenvalue weighted by atomic mass is 10.1. The fourth-order valence-electron chi connectivity index (χ4n) is 4.05. The lowest BCUT2D eigenvalue weighted by Gasteiger charge is -2.27. The van der Waals surface area contributed by atoms with Gasteiger partial charge in [0.15, 0.2) is 12.1 Å². The number of hydrogen-bond donors (Lipinski definition) is 1. The Labute approximate surface area is 225 Å². The number of alkyl carbamates (subject to hydrolysis) is 1. The molecule has 1 aromatic carbocycles. The Kier molecular flexibility index (Phi) is 8.68. The molecule has 0 bridgehead atoms. The molecular weight excluding hydrogens is 575 g/mol. The fraction of sp³-hybridized carbons (Fsp3) is 0.500. The summed E-state index contributed by atoms with van der Waals surface area (Å²) in [5.41, 5.74) is 0.971. The van der Waals surface area contributed by atoms with Crippen molar-refractivity contribution in [1.82, 2.24) is 20.0 Å². The summed E-state index contributed by atoms with van der Waals surface area (Å²) in [5, 5.41) is 7.23. The molecule has 1 aliphatic heterocycles. The number of amides is 1. The van der Waals surface area contributed by atoms with Crippen LogP contribution in [0.1, 0.15) is 70.6 Å². The molecule has 4 rings (SSSR count). The average Bonchev–Trinajstić information content (AvgIpc) is 3.50. The van der Waals surface area contributed by atoms with Crippen molar-refractivity contribution in [3.8, 4) is 11.3 Å². The molecule has 10 heteroatoms. The zero-order valence-corrected chi connectivity index (χ0v) is 23.2. The quantitative estimate of drug-likeness (QED) is 0.320. The third-order valence-electron chi connectivity index (χ3n) is 5.73. The van der Waals surface area contributed by atoms with E-state index in [0.29, 0.717) is 23.9 Å². The molecule has 1 aliphatic rings. The second kappa shape index (κ2) is 11.7. The smallest absolute Gasteiger partial charge is 0.407 e. The minimum atomic E-state index is -0.603. The Morgan fingerprint density at radius 2 is 2.06 bits per heavy atom. The monoisotopic (exact) mass is 608 g/mol. The molecule has 0 spiro atoms. The zero-order valence-electron chi connectivity index (χ0n) is 21.1. The van der Waals surface area contributed by atoms with E-state index in [2.05, 4.69) is 38.0 Å². The minimum Gasteiger partial charge on any atom is -0.444 e. The standard InChI is InChI=1S/C26H33IN4O5/c1-17(34-23-7-5-6-14-33-23)24-28-12-13-31(24)21(16-29-25(32)35-26(2,3)4)20-15-22(36-30-20)18-8-10-19(27)11-9-18/h8-13,15,17,21,23H,5-7,14,16H2,1-4H3,(H,29,32). The number of hydrogen-bond acceptors (Lipinski definition) is 7. The van der Waals surface area contributed by atoms with Crippen molar-refractivity contribution >= 4 is 28.7 Å². The summed E-state index contributed by atoms with van der Waals surface area (Å²) in [7, 11) is 0. The third-order valence-corrected chi connectivity index (χ3v) is 6.45. The van der Waals surface area contributed by atoms with E-state index in [1.165, 1.54) is 0 Å². The number of ether oxygens (including phenoxy) is 3. The lowest BCUT2D eigenvalue weighted by molar-refractivity contribution is -0.188. The zero-order chi connectivity index (χ0) is 25.7. The molecule has 36 heavy (non-hydrogen) atoms. The molecule has 3 aromatic rings. The first-order valence-corrected chi connectivity index (χ1v) is 13.3. The highest BCUT2D eigenvalue weighted by Crippen LogP contribution is 2.29. The number of aromatic nitrogens is 3. The van der Waals surface area contributed by atoms with Crippen molar-refractivity contribution in [2.45, 2.75) is 71.0 Å². The van der Waals surface area contributed by atoms with Crippen LogP contribution in [-0.4, -0.2) is 45.8 Å². The first kappa shape index (κ1) is 26.6. The van der Waals surface area contributed by atoms with E-state index >= 15 is 0 Å². The first-order chi connectivity index (χ1) is 17.2. The molecule has 3 atom stereocenters. The molecule has 0 saturated carbocycles. The average molecular weight is 608 g/mol. The second-order valence-corrected chi connectivity index (χ2v) is 11.0. The highest BCUT2D eigenvalue weighted by atomic mass is 127. The number of benzene rings is 1. The van der Waals surface area contributed by atoms with E-state index in [4.69, 9.17) is 18.7 Å². The van der Waals surface area contributed by atoms with E-state index in [-0.39, 0.29) is 18.9 Å². The van der Waals surface area contributed by atoms with Gasteiger partial charge in [-0.1, -0.05) is 17.3 Å². The van der Waals surface area contributed by atoms with Gasteiger partial charge in [-0.05, 0) is 81.7 Å². The second-order valence-electron chi connectivity index (χ2n) is 9.79. The van der Waals surface area contributed by atoms with Crippen molar-refractivity contribution in [1.29, 1.82) is 0 Å². The van der Waals surface area contributed by atoms with Crippen LogP contribution in [0.15, 0.2) is 47.2 Å². The van der Waals surface area contributed by atoms with Crippen molar-refractivity contribution in [3.63, 3.8) is 0 Å². The molecule has 3 unspecified atom stereocenters. The number of rotatable bonds is 8. The Bertz CT molecular complexity index is 1130. The highest BCUT2D eigenvalue weighted by Gasteiger charge is 2.27. The molecule has 1 fully saturated rings. The number of nitrogens with zero attached hydrogens (tertiary/aromatic N) is 3. The highest BCUT2D eigenvalue weighted by molar-refractivity contribution is 14.1. The van der Waals surface area contributed by atoms with Crippen molar-refractivity contribution < 1.29 is 23.5 Å². The SMILES string of the molecule is CC(OC1CCCCO1)c1nccn1C(CNC(=O)OC(C)(C)C)c1cc(-c2ccc(I)cc2)on1. The number of halogens is 1. The van der Waals surface area contributed by atoms with Gasteiger partial charge in [-0.3, -0.25) is 0 Å². The van der Waals surface area contributed by atoms with Gasteiger partial charge in [-0.2, -0.15) is 0 Å². The molecule has 1 amide bonds. The summed E-state index contributed by atoms with van der Waals surface area (Å²) < 4.78 is 26.2. The van der Waals surface area contributed by atoms with Crippen LogP contribution in [0, 0.1) is 3.57 Å². The molecule has 1 saturated heterocycles. The van der Waals surface area contributed by atoms with Crippen molar-refractivity contribution in [2.24, 2.45) is 0 Å². The van der Waals surface area contributed by atoms with Gasteiger partial charge in [0.2, 0.25) is 0 Å². The Morgan fingerprint density at radius 1 is 1.28 bits per heavy atom. The van der Waals surface area contributed by atoms with Gasteiger partial charge in [0.05, 0.1) is 6.04 Å². The number of imidazole rings is 1. The van der Waals surface area contributed by atoms with Crippen LogP contribution in [0.3, 0.4) is 0 Å². The summed E-state index contributed by atoms with van der Waals surface area (Å²) in [6.07, 6.45) is 5.49. The number of carbonyl (C=O) groups is 1. The van der Waals surface area contributed by atoms with Crippen molar-refractivity contribution in [2.75, 3.05) is 13.2 Å². The van der Waals surface area contributed by atoms with E-state index in [1.807, 2.05) is 68.8 Å². The van der Waals surface area contributed by atoms with Crippen LogP contribution >= 0.6 is 22.6 Å². The van der Waals surface area contributed by atoms with Gasteiger partial charge in [0.1, 0.15) is 23.2 Å². The molecule has 194 valence electrons. The van der Waals surface area contributed by atoms with Gasteiger partial charge in [0.25, 0.3) is 0 Å². The number of carbonyl (C=O) groups excluding carboxylic acids is 1. The minimum absolute atomic E-state index is 0.226. The van der Waals surface area contributed by atoms with E-state index in [1.54, 1.807) is 6.20 Å². The summed E-state index contributed by atoms with van der Waals surface area (Å²) in [6.45, 7) is 8.37. The van der Waals surface area contributed by atoms with Gasteiger partial charge in [0, 0.05) is 40.7 Å². The van der Waals surface area contributed by atoms with Crippen LogP contribution in [0.25, 0.3) is 11.3 Å². The number of nitrogens with one attached hydrogen (secondary N) is 1. The molecule has 2 aromatic heterocycles. The fourth-order valence-corrected chi connectivity index (χ4v) is 4.41. The molecule has 9 nitrogen and oxygen atoms in total. The van der Waals surface area contributed by atoms with E-state index < -0.39 is 17.7 Å². The maximum Gasteiger partial charge on any atom is 0.407 e. The normalized spacial score (nSPS) is 18.0. The van der Waals surface area contributed by atoms with Crippen LogP contribution in [0.5, 0.6) is 0 Å². The Balaban J connectivity index is 1.59. The molecule has 1 N–H and O–H groups in total. The van der Waals surface area contributed by atoms with E-state index in [0.717, 1.165) is 28.4 Å². The summed E-state index contributed by atoms with van der Waals surface area (Å²) in [5.74, 6) is 1.35. The first-order valence-electron chi connectivity index (χ1n) is 12.2. The van der Waals surface area contributed by atoms with Crippen LogP contribution < -0.4 is 5.32 Å². The predicted octanol–water partition coefficient (Wildman–Crippen LogP) is 5.86. The summed E-state index contributed by atoms with van der Waals surface area (Å²) >= 11 is 2.26. The maximum atomic E-state index is 12.5. The third kappa shape index (κ3) is 7.07. The molecule has 0 radical (unpaired) electrons. The summed E-state index contributed by atoms with van der Waals surface area (Å²) in [4.78, 5) is 17.0. The van der Waals surface area contributed by atoms with Crippen molar-refractivity contribution in [3.05, 3.63) is 57.8 Å². The van der Waals surface area contributed by atoms with Crippen LogP contribution in [0.4, 0.5) is 4.79 Å². The molecule has 0 aliphatic carbocycles.